The Balaban J connectivity index is 1.32. The molecular weight excluding hydrogens is 434 g/mol. The van der Waals surface area contributed by atoms with E-state index in [1.165, 1.54) is 0 Å². The van der Waals surface area contributed by atoms with Gasteiger partial charge in [-0.2, -0.15) is 21.3 Å². The molecule has 2 saturated heterocycles. The highest BCUT2D eigenvalue weighted by atomic mass is 32.1. The fourth-order valence-electron chi connectivity index (χ4n) is 4.73. The molecule has 1 aromatic carbocycles. The number of nitrogens with zero attached hydrogens (tertiary/aromatic N) is 6. The number of fused-ring (bicyclic) bond motifs is 1. The molecule has 8 nitrogen and oxygen atoms in total. The second kappa shape index (κ2) is 9.09. The third kappa shape index (κ3) is 4.19. The number of hydrogen-bond donors (Lipinski definition) is 1. The quantitative estimate of drug-likeness (QED) is 0.483. The molecule has 5 heterocycles. The SMILES string of the molecule is c1ccc(Nc2nc(N3CCC(N4CCOCC4)CC3)nc3c2ncn3-c2ccsc2)cc1. The van der Waals surface area contributed by atoms with Gasteiger partial charge in [-0.1, -0.05) is 18.2 Å². The van der Waals surface area contributed by atoms with Gasteiger partial charge in [-0.3, -0.25) is 9.47 Å². The molecule has 9 heteroatoms. The maximum Gasteiger partial charge on any atom is 0.229 e. The third-order valence-electron chi connectivity index (χ3n) is 6.51. The lowest BCUT2D eigenvalue weighted by molar-refractivity contribution is 0.0114. The van der Waals surface area contributed by atoms with Crippen LogP contribution in [0.2, 0.25) is 0 Å². The largest absolute Gasteiger partial charge is 0.379 e. The molecule has 0 saturated carbocycles. The minimum absolute atomic E-state index is 0.618. The zero-order chi connectivity index (χ0) is 22.0. The summed E-state index contributed by atoms with van der Waals surface area (Å²) in [5, 5.41) is 7.66. The average Bonchev–Trinajstić information content (AvgIpc) is 3.55. The Labute approximate surface area is 196 Å². The van der Waals surface area contributed by atoms with Crippen molar-refractivity contribution in [2.24, 2.45) is 0 Å². The van der Waals surface area contributed by atoms with Crippen molar-refractivity contribution in [2.45, 2.75) is 18.9 Å². The van der Waals surface area contributed by atoms with Crippen molar-refractivity contribution in [1.29, 1.82) is 0 Å². The van der Waals surface area contributed by atoms with Crippen LogP contribution in [0.25, 0.3) is 16.9 Å². The summed E-state index contributed by atoms with van der Waals surface area (Å²) in [5.41, 5.74) is 3.66. The molecule has 170 valence electrons. The number of aromatic nitrogens is 4. The average molecular weight is 462 g/mol. The van der Waals surface area contributed by atoms with Gasteiger partial charge in [-0.05, 0) is 36.4 Å². The van der Waals surface area contributed by atoms with Crippen molar-refractivity contribution in [3.8, 4) is 5.69 Å². The molecule has 2 aliphatic rings. The van der Waals surface area contributed by atoms with E-state index in [-0.39, 0.29) is 0 Å². The van der Waals surface area contributed by atoms with E-state index in [9.17, 15) is 0 Å². The smallest absolute Gasteiger partial charge is 0.229 e. The van der Waals surface area contributed by atoms with Crippen molar-refractivity contribution >= 4 is 40.0 Å². The molecule has 33 heavy (non-hydrogen) atoms. The first-order valence-electron chi connectivity index (χ1n) is 11.5. The second-order valence-corrected chi connectivity index (χ2v) is 9.28. The van der Waals surface area contributed by atoms with Gasteiger partial charge < -0.3 is 15.0 Å². The normalized spacial score (nSPS) is 18.1. The van der Waals surface area contributed by atoms with Crippen molar-refractivity contribution < 1.29 is 4.74 Å². The van der Waals surface area contributed by atoms with Crippen molar-refractivity contribution in [2.75, 3.05) is 49.6 Å². The molecule has 0 radical (unpaired) electrons. The summed E-state index contributed by atoms with van der Waals surface area (Å²) in [6.07, 6.45) is 4.07. The highest BCUT2D eigenvalue weighted by Gasteiger charge is 2.28. The number of benzene rings is 1. The molecule has 0 spiro atoms. The second-order valence-electron chi connectivity index (χ2n) is 8.50. The van der Waals surface area contributed by atoms with Crippen LogP contribution in [0, 0.1) is 0 Å². The van der Waals surface area contributed by atoms with E-state index >= 15 is 0 Å². The van der Waals surface area contributed by atoms with Gasteiger partial charge in [0, 0.05) is 43.3 Å². The van der Waals surface area contributed by atoms with Gasteiger partial charge in [0.15, 0.2) is 17.0 Å². The molecule has 0 bridgehead atoms. The monoisotopic (exact) mass is 461 g/mol. The predicted molar refractivity (Wildman–Crippen MR) is 132 cm³/mol. The van der Waals surface area contributed by atoms with E-state index in [1.54, 1.807) is 11.3 Å². The number of hydrogen-bond acceptors (Lipinski definition) is 8. The van der Waals surface area contributed by atoms with Crippen LogP contribution >= 0.6 is 11.3 Å². The number of para-hydroxylation sites is 1. The first-order chi connectivity index (χ1) is 16.3. The number of nitrogens with one attached hydrogen (secondary N) is 1. The van der Waals surface area contributed by atoms with Gasteiger partial charge in [0.25, 0.3) is 0 Å². The van der Waals surface area contributed by atoms with E-state index in [2.05, 4.69) is 36.9 Å². The fourth-order valence-corrected chi connectivity index (χ4v) is 5.36. The molecule has 0 unspecified atom stereocenters. The minimum Gasteiger partial charge on any atom is -0.379 e. The standard InChI is InChI=1S/C24H27N7OS/c1-2-4-18(5-3-1)26-22-21-23(31(17-25-21)20-8-15-33-16-20)28-24(27-22)30-9-6-19(7-10-30)29-11-13-32-14-12-29/h1-5,8,15-17,19H,6-7,9-14H2,(H,26,27,28). The highest BCUT2D eigenvalue weighted by molar-refractivity contribution is 7.08. The van der Waals surface area contributed by atoms with Crippen LogP contribution in [0.15, 0.2) is 53.5 Å². The van der Waals surface area contributed by atoms with Gasteiger partial charge in [-0.15, -0.1) is 0 Å². The number of thiophene rings is 1. The summed E-state index contributed by atoms with van der Waals surface area (Å²) < 4.78 is 7.58. The molecule has 0 aliphatic carbocycles. The first-order valence-corrected chi connectivity index (χ1v) is 12.5. The van der Waals surface area contributed by atoms with Crippen LogP contribution < -0.4 is 10.2 Å². The number of piperidine rings is 1. The Hall–Kier alpha value is -3.01. The lowest BCUT2D eigenvalue weighted by Crippen LogP contribution is -2.49. The molecule has 0 amide bonds. The zero-order valence-electron chi connectivity index (χ0n) is 18.4. The van der Waals surface area contributed by atoms with E-state index in [0.717, 1.165) is 86.5 Å². The Kier molecular flexibility index (Phi) is 5.67. The summed E-state index contributed by atoms with van der Waals surface area (Å²) in [5.74, 6) is 1.50. The Morgan fingerprint density at radius 1 is 0.970 bits per heavy atom. The molecule has 0 atom stereocenters. The first kappa shape index (κ1) is 20.6. The fraction of sp³-hybridized carbons (Fsp3) is 0.375. The maximum atomic E-state index is 5.53. The Morgan fingerprint density at radius 3 is 2.55 bits per heavy atom. The Bertz CT molecular complexity index is 1200. The molecular formula is C24H27N7OS. The van der Waals surface area contributed by atoms with E-state index in [1.807, 2.05) is 41.2 Å². The lowest BCUT2D eigenvalue weighted by atomic mass is 10.0. The topological polar surface area (TPSA) is 71.3 Å². The van der Waals surface area contributed by atoms with Crippen LogP contribution in [-0.4, -0.2) is 69.9 Å². The highest BCUT2D eigenvalue weighted by Crippen LogP contribution is 2.29. The van der Waals surface area contributed by atoms with Crippen LogP contribution in [0.4, 0.5) is 17.5 Å². The van der Waals surface area contributed by atoms with Crippen molar-refractivity contribution in [3.63, 3.8) is 0 Å². The molecule has 2 aliphatic heterocycles. The number of morpholine rings is 1. The molecule has 4 aromatic rings. The summed E-state index contributed by atoms with van der Waals surface area (Å²) in [7, 11) is 0. The van der Waals surface area contributed by atoms with Crippen LogP contribution in [-0.2, 0) is 4.74 Å². The zero-order valence-corrected chi connectivity index (χ0v) is 19.2. The van der Waals surface area contributed by atoms with Gasteiger partial charge in [-0.25, -0.2) is 4.98 Å². The van der Waals surface area contributed by atoms with Crippen LogP contribution in [0.1, 0.15) is 12.8 Å². The lowest BCUT2D eigenvalue weighted by Gasteiger charge is -2.40. The van der Waals surface area contributed by atoms with Crippen LogP contribution in [0.3, 0.4) is 0 Å². The summed E-state index contributed by atoms with van der Waals surface area (Å²) in [4.78, 5) is 19.5. The van der Waals surface area contributed by atoms with Gasteiger partial charge in [0.2, 0.25) is 5.95 Å². The third-order valence-corrected chi connectivity index (χ3v) is 7.19. The number of imidazole rings is 1. The number of rotatable bonds is 5. The summed E-state index contributed by atoms with van der Waals surface area (Å²) in [6.45, 7) is 5.67. The van der Waals surface area contributed by atoms with E-state index in [0.29, 0.717) is 6.04 Å². The summed E-state index contributed by atoms with van der Waals surface area (Å²) in [6, 6.07) is 12.8. The Morgan fingerprint density at radius 2 is 1.79 bits per heavy atom. The molecule has 2 fully saturated rings. The maximum absolute atomic E-state index is 5.53. The van der Waals surface area contributed by atoms with Gasteiger partial charge >= 0.3 is 0 Å². The molecule has 1 N–H and O–H groups in total. The molecule has 3 aromatic heterocycles. The van der Waals surface area contributed by atoms with Crippen molar-refractivity contribution in [3.05, 3.63) is 53.5 Å². The van der Waals surface area contributed by atoms with Crippen LogP contribution in [0.5, 0.6) is 0 Å². The number of ether oxygens (including phenoxy) is 1. The number of anilines is 3. The van der Waals surface area contributed by atoms with E-state index in [4.69, 9.17) is 14.7 Å². The summed E-state index contributed by atoms with van der Waals surface area (Å²) >= 11 is 1.67. The van der Waals surface area contributed by atoms with Gasteiger partial charge in [0.1, 0.15) is 6.33 Å². The molecule has 6 rings (SSSR count). The van der Waals surface area contributed by atoms with Crippen molar-refractivity contribution in [1.82, 2.24) is 24.4 Å². The minimum atomic E-state index is 0.618. The van der Waals surface area contributed by atoms with Gasteiger partial charge in [0.05, 0.1) is 18.9 Å². The van der Waals surface area contributed by atoms with E-state index < -0.39 is 0 Å². The predicted octanol–water partition coefficient (Wildman–Crippen LogP) is 3.92.